The molecule has 0 bridgehead atoms. The Morgan fingerprint density at radius 2 is 2.00 bits per heavy atom. The number of nitro benzene ring substituents is 1. The summed E-state index contributed by atoms with van der Waals surface area (Å²) >= 11 is 0. The van der Waals surface area contributed by atoms with E-state index in [4.69, 9.17) is 0 Å². The molecule has 0 aliphatic carbocycles. The van der Waals surface area contributed by atoms with Gasteiger partial charge in [-0.25, -0.2) is 18.1 Å². The Bertz CT molecular complexity index is 842. The van der Waals surface area contributed by atoms with E-state index in [1.165, 1.54) is 12.4 Å². The number of benzene rings is 1. The molecule has 24 heavy (non-hydrogen) atoms. The summed E-state index contributed by atoms with van der Waals surface area (Å²) in [5.41, 5.74) is -0.000767. The average Bonchev–Trinajstić information content (AvgIpc) is 3.08. The van der Waals surface area contributed by atoms with Gasteiger partial charge in [-0.05, 0) is 25.0 Å². The highest BCUT2D eigenvalue weighted by atomic mass is 32.2. The number of piperidine rings is 1. The van der Waals surface area contributed by atoms with E-state index in [0.29, 0.717) is 18.8 Å². The molecule has 0 saturated carbocycles. The number of nitro groups is 1. The van der Waals surface area contributed by atoms with E-state index in [1.54, 1.807) is 23.1 Å². The predicted octanol–water partition coefficient (Wildman–Crippen LogP) is 1.43. The Kier molecular flexibility index (Phi) is 4.22. The Labute approximate surface area is 139 Å². The zero-order valence-corrected chi connectivity index (χ0v) is 13.9. The SMILES string of the molecule is CS(=O)(=O)c1cccc(N2CCC(n3cncn3)CC2)c1[N+](=O)[O-]. The highest BCUT2D eigenvalue weighted by Gasteiger charge is 2.31. The monoisotopic (exact) mass is 351 g/mol. The topological polar surface area (TPSA) is 111 Å². The van der Waals surface area contributed by atoms with Gasteiger partial charge in [-0.2, -0.15) is 5.10 Å². The van der Waals surface area contributed by atoms with Gasteiger partial charge in [0.25, 0.3) is 0 Å². The molecule has 128 valence electrons. The lowest BCUT2D eigenvalue weighted by molar-refractivity contribution is -0.387. The molecule has 10 heteroatoms. The lowest BCUT2D eigenvalue weighted by Gasteiger charge is -2.33. The first kappa shape index (κ1) is 16.4. The molecular weight excluding hydrogens is 334 g/mol. The molecular formula is C14H17N5O4S. The maximum absolute atomic E-state index is 11.9. The number of sulfone groups is 1. The molecule has 1 aliphatic heterocycles. The number of hydrogen-bond acceptors (Lipinski definition) is 7. The smallest absolute Gasteiger partial charge is 0.311 e. The van der Waals surface area contributed by atoms with Gasteiger partial charge in [0, 0.05) is 19.3 Å². The molecule has 1 fully saturated rings. The van der Waals surface area contributed by atoms with Crippen LogP contribution in [0.5, 0.6) is 0 Å². The number of rotatable bonds is 4. The van der Waals surface area contributed by atoms with E-state index in [9.17, 15) is 18.5 Å². The normalized spacial score (nSPS) is 16.3. The zero-order chi connectivity index (χ0) is 17.3. The second-order valence-corrected chi connectivity index (χ2v) is 7.73. The van der Waals surface area contributed by atoms with Crippen molar-refractivity contribution in [3.05, 3.63) is 41.0 Å². The quantitative estimate of drug-likeness (QED) is 0.605. The third-order valence-corrected chi connectivity index (χ3v) is 5.30. The van der Waals surface area contributed by atoms with Crippen LogP contribution in [-0.2, 0) is 9.84 Å². The third-order valence-electron chi connectivity index (χ3n) is 4.18. The van der Waals surface area contributed by atoms with Gasteiger partial charge in [-0.15, -0.1) is 0 Å². The van der Waals surface area contributed by atoms with Crippen LogP contribution in [0.3, 0.4) is 0 Å². The van der Waals surface area contributed by atoms with Gasteiger partial charge in [0.2, 0.25) is 0 Å². The molecule has 0 atom stereocenters. The molecule has 1 aliphatic rings. The van der Waals surface area contributed by atoms with Crippen molar-refractivity contribution < 1.29 is 13.3 Å². The first-order valence-electron chi connectivity index (χ1n) is 7.44. The Morgan fingerprint density at radius 3 is 2.54 bits per heavy atom. The fourth-order valence-corrected chi connectivity index (χ4v) is 3.88. The molecule has 0 amide bonds. The standard InChI is InChI=1S/C14H17N5O4S/c1-24(22,23)13-4-2-3-12(14(13)19(20)21)17-7-5-11(6-8-17)18-10-15-9-16-18/h2-4,9-11H,5-8H2,1H3. The van der Waals surface area contributed by atoms with Gasteiger partial charge in [0.1, 0.15) is 23.2 Å². The predicted molar refractivity (Wildman–Crippen MR) is 86.7 cm³/mol. The van der Waals surface area contributed by atoms with Crippen molar-refractivity contribution in [2.45, 2.75) is 23.8 Å². The summed E-state index contributed by atoms with van der Waals surface area (Å²) in [6, 6.07) is 4.62. The fraction of sp³-hybridized carbons (Fsp3) is 0.429. The summed E-state index contributed by atoms with van der Waals surface area (Å²) in [5.74, 6) is 0. The number of aromatic nitrogens is 3. The van der Waals surface area contributed by atoms with E-state index < -0.39 is 14.8 Å². The van der Waals surface area contributed by atoms with Crippen LogP contribution in [0.2, 0.25) is 0 Å². The van der Waals surface area contributed by atoms with Crippen LogP contribution in [0, 0.1) is 10.1 Å². The van der Waals surface area contributed by atoms with Gasteiger partial charge in [0.15, 0.2) is 9.84 Å². The van der Waals surface area contributed by atoms with Gasteiger partial charge >= 0.3 is 5.69 Å². The summed E-state index contributed by atoms with van der Waals surface area (Å²) in [7, 11) is -3.68. The van der Waals surface area contributed by atoms with Crippen molar-refractivity contribution in [2.24, 2.45) is 0 Å². The maximum Gasteiger partial charge on any atom is 0.311 e. The van der Waals surface area contributed by atoms with Gasteiger partial charge in [-0.3, -0.25) is 10.1 Å². The van der Waals surface area contributed by atoms with Crippen LogP contribution in [0.25, 0.3) is 0 Å². The van der Waals surface area contributed by atoms with Crippen LogP contribution in [0.15, 0.2) is 35.7 Å². The first-order chi connectivity index (χ1) is 11.4. The molecule has 0 spiro atoms. The number of para-hydroxylation sites is 1. The van der Waals surface area contributed by atoms with Crippen molar-refractivity contribution >= 4 is 21.2 Å². The molecule has 1 saturated heterocycles. The molecule has 1 aromatic carbocycles. The number of hydrogen-bond donors (Lipinski definition) is 0. The highest BCUT2D eigenvalue weighted by Crippen LogP contribution is 2.36. The second kappa shape index (κ2) is 6.19. The summed E-state index contributed by atoms with van der Waals surface area (Å²) in [6.45, 7) is 1.16. The summed E-state index contributed by atoms with van der Waals surface area (Å²) in [4.78, 5) is 16.4. The molecule has 1 aromatic heterocycles. The molecule has 3 rings (SSSR count). The third kappa shape index (κ3) is 3.09. The molecule has 2 heterocycles. The minimum Gasteiger partial charge on any atom is -0.366 e. The maximum atomic E-state index is 11.9. The number of nitrogens with zero attached hydrogens (tertiary/aromatic N) is 5. The minimum absolute atomic E-state index is 0.195. The average molecular weight is 351 g/mol. The van der Waals surface area contributed by atoms with Crippen molar-refractivity contribution in [3.8, 4) is 0 Å². The van der Waals surface area contributed by atoms with Crippen molar-refractivity contribution in [1.82, 2.24) is 14.8 Å². The summed E-state index contributed by atoms with van der Waals surface area (Å²) in [6.07, 6.45) is 5.63. The van der Waals surface area contributed by atoms with Gasteiger partial charge < -0.3 is 4.90 Å². The van der Waals surface area contributed by atoms with Crippen LogP contribution < -0.4 is 4.90 Å². The minimum atomic E-state index is -3.68. The molecule has 9 nitrogen and oxygen atoms in total. The Hall–Kier alpha value is -2.49. The molecule has 0 radical (unpaired) electrons. The van der Waals surface area contributed by atoms with Crippen molar-refractivity contribution in [2.75, 3.05) is 24.2 Å². The summed E-state index contributed by atoms with van der Waals surface area (Å²) in [5, 5.41) is 15.6. The van der Waals surface area contributed by atoms with Crippen LogP contribution in [-0.4, -0.2) is 47.5 Å². The van der Waals surface area contributed by atoms with Crippen LogP contribution >= 0.6 is 0 Å². The van der Waals surface area contributed by atoms with E-state index in [2.05, 4.69) is 10.1 Å². The number of anilines is 1. The van der Waals surface area contributed by atoms with E-state index >= 15 is 0 Å². The second-order valence-electron chi connectivity index (χ2n) is 5.75. The van der Waals surface area contributed by atoms with Crippen molar-refractivity contribution in [3.63, 3.8) is 0 Å². The highest BCUT2D eigenvalue weighted by molar-refractivity contribution is 7.90. The van der Waals surface area contributed by atoms with Gasteiger partial charge in [-0.1, -0.05) is 6.07 Å². The molecule has 0 unspecified atom stereocenters. The Morgan fingerprint density at radius 1 is 1.29 bits per heavy atom. The van der Waals surface area contributed by atoms with Crippen LogP contribution in [0.1, 0.15) is 18.9 Å². The first-order valence-corrected chi connectivity index (χ1v) is 9.33. The zero-order valence-electron chi connectivity index (χ0n) is 13.1. The van der Waals surface area contributed by atoms with E-state index in [-0.39, 0.29) is 16.6 Å². The van der Waals surface area contributed by atoms with Crippen LogP contribution in [0.4, 0.5) is 11.4 Å². The van der Waals surface area contributed by atoms with Crippen molar-refractivity contribution in [1.29, 1.82) is 0 Å². The fourth-order valence-electron chi connectivity index (χ4n) is 3.03. The lowest BCUT2D eigenvalue weighted by atomic mass is 10.0. The largest absolute Gasteiger partial charge is 0.366 e. The van der Waals surface area contributed by atoms with E-state index in [1.807, 2.05) is 4.90 Å². The summed E-state index contributed by atoms with van der Waals surface area (Å²) < 4.78 is 25.5. The van der Waals surface area contributed by atoms with E-state index in [0.717, 1.165) is 19.1 Å². The Balaban J connectivity index is 1.89. The molecule has 0 N–H and O–H groups in total. The molecule has 2 aromatic rings. The van der Waals surface area contributed by atoms with Gasteiger partial charge in [0.05, 0.1) is 11.0 Å². The lowest BCUT2D eigenvalue weighted by Crippen LogP contribution is -2.35.